The number of carbonyl (C=O) groups excluding carboxylic acids is 1. The molecule has 0 amide bonds. The Balaban J connectivity index is 1.42. The summed E-state index contributed by atoms with van der Waals surface area (Å²) in [6, 6.07) is 27.4. The van der Waals surface area contributed by atoms with E-state index in [0.717, 1.165) is 17.4 Å². The standard InChI is InChI=1S/C30H33BO4/c1-29(2)30(3,4)35-31(34-29)26-19-15-24(16-20-26)18-22-27(21-17-23-11-7-5-8-12-23)33-28(32)25-13-9-6-10-14-25/h5-17,19-21,27H,18,22H2,1-4H3/b21-17+/t27-/m0/s1. The predicted octanol–water partition coefficient (Wildman–Crippen LogP) is 5.86. The Morgan fingerprint density at radius 2 is 1.43 bits per heavy atom. The van der Waals surface area contributed by atoms with Crippen LogP contribution in [0.4, 0.5) is 0 Å². The van der Waals surface area contributed by atoms with Crippen molar-refractivity contribution in [2.75, 3.05) is 0 Å². The fourth-order valence-corrected chi connectivity index (χ4v) is 3.89. The zero-order chi connectivity index (χ0) is 24.9. The normalized spacial score (nSPS) is 17.4. The maximum Gasteiger partial charge on any atom is 0.494 e. The molecule has 4 rings (SSSR count). The van der Waals surface area contributed by atoms with E-state index in [0.29, 0.717) is 12.0 Å². The number of benzene rings is 3. The molecule has 0 spiro atoms. The average Bonchev–Trinajstić information content (AvgIpc) is 3.08. The van der Waals surface area contributed by atoms with Crippen molar-refractivity contribution < 1.29 is 18.8 Å². The van der Waals surface area contributed by atoms with Gasteiger partial charge in [-0.15, -0.1) is 0 Å². The van der Waals surface area contributed by atoms with Gasteiger partial charge in [-0.05, 0) is 75.3 Å². The summed E-state index contributed by atoms with van der Waals surface area (Å²) in [4.78, 5) is 12.7. The molecule has 1 fully saturated rings. The predicted molar refractivity (Wildman–Crippen MR) is 142 cm³/mol. The molecule has 35 heavy (non-hydrogen) atoms. The summed E-state index contributed by atoms with van der Waals surface area (Å²) in [6.45, 7) is 8.23. The Kier molecular flexibility index (Phi) is 7.58. The van der Waals surface area contributed by atoms with Gasteiger partial charge in [-0.2, -0.15) is 0 Å². The Labute approximate surface area is 209 Å². The maximum absolute atomic E-state index is 12.7. The second-order valence-corrected chi connectivity index (χ2v) is 9.95. The van der Waals surface area contributed by atoms with Crippen molar-refractivity contribution >= 4 is 24.6 Å². The molecule has 0 bridgehead atoms. The molecule has 1 saturated heterocycles. The first kappa shape index (κ1) is 25.0. The fourth-order valence-electron chi connectivity index (χ4n) is 3.89. The first-order valence-electron chi connectivity index (χ1n) is 12.2. The van der Waals surface area contributed by atoms with Crippen LogP contribution in [-0.4, -0.2) is 30.4 Å². The van der Waals surface area contributed by atoms with Crippen LogP contribution < -0.4 is 5.46 Å². The van der Waals surface area contributed by atoms with Gasteiger partial charge in [-0.25, -0.2) is 4.79 Å². The molecule has 0 N–H and O–H groups in total. The highest BCUT2D eigenvalue weighted by atomic mass is 16.7. The third kappa shape index (κ3) is 6.30. The van der Waals surface area contributed by atoms with Crippen LogP contribution >= 0.6 is 0 Å². The van der Waals surface area contributed by atoms with Gasteiger partial charge in [0.05, 0.1) is 16.8 Å². The van der Waals surface area contributed by atoms with E-state index in [2.05, 4.69) is 52.0 Å². The molecule has 0 saturated carbocycles. The fraction of sp³-hybridized carbons (Fsp3) is 0.300. The minimum absolute atomic E-state index is 0.315. The molecular weight excluding hydrogens is 435 g/mol. The minimum Gasteiger partial charge on any atom is -0.455 e. The van der Waals surface area contributed by atoms with Crippen LogP contribution in [0, 0.1) is 0 Å². The van der Waals surface area contributed by atoms with Gasteiger partial charge in [-0.3, -0.25) is 0 Å². The summed E-state index contributed by atoms with van der Waals surface area (Å²) in [5.41, 5.74) is 3.06. The first-order valence-corrected chi connectivity index (χ1v) is 12.2. The molecule has 1 atom stereocenters. The van der Waals surface area contributed by atoms with Gasteiger partial charge in [0.25, 0.3) is 0 Å². The van der Waals surface area contributed by atoms with Crippen molar-refractivity contribution in [3.05, 3.63) is 108 Å². The number of carbonyl (C=O) groups is 1. The number of ether oxygens (including phenoxy) is 1. The summed E-state index contributed by atoms with van der Waals surface area (Å²) < 4.78 is 18.2. The van der Waals surface area contributed by atoms with E-state index in [-0.39, 0.29) is 30.4 Å². The van der Waals surface area contributed by atoms with Gasteiger partial charge in [0.1, 0.15) is 6.10 Å². The van der Waals surface area contributed by atoms with Gasteiger partial charge in [0.2, 0.25) is 0 Å². The molecule has 0 aliphatic carbocycles. The smallest absolute Gasteiger partial charge is 0.455 e. The summed E-state index contributed by atoms with van der Waals surface area (Å²) >= 11 is 0. The quantitative estimate of drug-likeness (QED) is 0.307. The molecule has 4 nitrogen and oxygen atoms in total. The molecule has 0 radical (unpaired) electrons. The zero-order valence-corrected chi connectivity index (χ0v) is 20.9. The molecule has 5 heteroatoms. The van der Waals surface area contributed by atoms with E-state index in [1.165, 1.54) is 5.56 Å². The van der Waals surface area contributed by atoms with E-state index in [9.17, 15) is 4.79 Å². The number of aryl methyl sites for hydroxylation is 1. The van der Waals surface area contributed by atoms with Crippen LogP contribution in [0.2, 0.25) is 0 Å². The van der Waals surface area contributed by atoms with Crippen molar-refractivity contribution in [1.82, 2.24) is 0 Å². The summed E-state index contributed by atoms with van der Waals surface area (Å²) in [5, 5.41) is 0. The highest BCUT2D eigenvalue weighted by molar-refractivity contribution is 6.62. The number of rotatable bonds is 8. The largest absolute Gasteiger partial charge is 0.494 e. The molecular formula is C30H33BO4. The molecule has 1 aliphatic rings. The lowest BCUT2D eigenvalue weighted by Crippen LogP contribution is -2.41. The van der Waals surface area contributed by atoms with Crippen molar-refractivity contribution in [2.45, 2.75) is 57.8 Å². The Morgan fingerprint density at radius 3 is 2.03 bits per heavy atom. The second kappa shape index (κ2) is 10.6. The van der Waals surface area contributed by atoms with E-state index in [1.807, 2.05) is 60.7 Å². The molecule has 1 heterocycles. The van der Waals surface area contributed by atoms with E-state index in [1.54, 1.807) is 12.1 Å². The molecule has 180 valence electrons. The SMILES string of the molecule is CC1(C)OB(c2ccc(CC[C@H](/C=C/c3ccccc3)OC(=O)c3ccccc3)cc2)OC1(C)C. The summed E-state index contributed by atoms with van der Waals surface area (Å²) in [5.74, 6) is -0.315. The number of esters is 1. The molecule has 1 aliphatic heterocycles. The van der Waals surface area contributed by atoms with Crippen LogP contribution in [0.25, 0.3) is 6.08 Å². The zero-order valence-electron chi connectivity index (χ0n) is 20.9. The third-order valence-electron chi connectivity index (χ3n) is 6.79. The van der Waals surface area contributed by atoms with Gasteiger partial charge >= 0.3 is 13.1 Å². The van der Waals surface area contributed by atoms with E-state index in [4.69, 9.17) is 14.0 Å². The van der Waals surface area contributed by atoms with Crippen LogP contribution in [0.15, 0.2) is 91.0 Å². The van der Waals surface area contributed by atoms with Crippen LogP contribution in [0.1, 0.15) is 55.6 Å². The summed E-state index contributed by atoms with van der Waals surface area (Å²) in [7, 11) is -0.373. The lowest BCUT2D eigenvalue weighted by atomic mass is 9.78. The van der Waals surface area contributed by atoms with Crippen LogP contribution in [0.5, 0.6) is 0 Å². The van der Waals surface area contributed by atoms with Crippen LogP contribution in [0.3, 0.4) is 0 Å². The lowest BCUT2D eigenvalue weighted by molar-refractivity contribution is 0.00578. The topological polar surface area (TPSA) is 44.8 Å². The first-order chi connectivity index (χ1) is 16.7. The second-order valence-electron chi connectivity index (χ2n) is 9.95. The van der Waals surface area contributed by atoms with Crippen molar-refractivity contribution in [3.8, 4) is 0 Å². The lowest BCUT2D eigenvalue weighted by Gasteiger charge is -2.32. The molecule has 3 aromatic carbocycles. The van der Waals surface area contributed by atoms with Crippen LogP contribution in [-0.2, 0) is 20.5 Å². The molecule has 0 unspecified atom stereocenters. The number of hydrogen-bond acceptors (Lipinski definition) is 4. The van der Waals surface area contributed by atoms with Crippen molar-refractivity contribution in [3.63, 3.8) is 0 Å². The van der Waals surface area contributed by atoms with Gasteiger partial charge in [-0.1, -0.05) is 78.9 Å². The van der Waals surface area contributed by atoms with Gasteiger partial charge in [0.15, 0.2) is 0 Å². The molecule has 0 aromatic heterocycles. The van der Waals surface area contributed by atoms with E-state index < -0.39 is 0 Å². The maximum atomic E-state index is 12.7. The van der Waals surface area contributed by atoms with E-state index >= 15 is 0 Å². The summed E-state index contributed by atoms with van der Waals surface area (Å²) in [6.07, 6.45) is 5.08. The Hall–Kier alpha value is -3.15. The van der Waals surface area contributed by atoms with Gasteiger partial charge in [0, 0.05) is 0 Å². The Bertz CT molecular complexity index is 1120. The van der Waals surface area contributed by atoms with Crippen molar-refractivity contribution in [1.29, 1.82) is 0 Å². The molecule has 3 aromatic rings. The Morgan fingerprint density at radius 1 is 0.857 bits per heavy atom. The monoisotopic (exact) mass is 468 g/mol. The van der Waals surface area contributed by atoms with Gasteiger partial charge < -0.3 is 14.0 Å². The highest BCUT2D eigenvalue weighted by Gasteiger charge is 2.51. The van der Waals surface area contributed by atoms with Crippen molar-refractivity contribution in [2.24, 2.45) is 0 Å². The third-order valence-corrected chi connectivity index (χ3v) is 6.79. The number of hydrogen-bond donors (Lipinski definition) is 0. The highest BCUT2D eigenvalue weighted by Crippen LogP contribution is 2.36. The minimum atomic E-state index is -0.373. The average molecular weight is 468 g/mol.